The number of carbonyl (C=O) groups is 2. The second-order valence-corrected chi connectivity index (χ2v) is 7.20. The van der Waals surface area contributed by atoms with E-state index >= 15 is 0 Å². The van der Waals surface area contributed by atoms with E-state index in [1.54, 1.807) is 24.3 Å². The summed E-state index contributed by atoms with van der Waals surface area (Å²) in [5.74, 6) is -1.47. The number of hydrogen-bond donors (Lipinski definition) is 2. The van der Waals surface area contributed by atoms with Crippen LogP contribution in [0, 0.1) is 0 Å². The van der Waals surface area contributed by atoms with Gasteiger partial charge < -0.3 is 10.4 Å². The molecule has 1 unspecified atom stereocenters. The van der Waals surface area contributed by atoms with Crippen molar-refractivity contribution in [3.8, 4) is 0 Å². The summed E-state index contributed by atoms with van der Waals surface area (Å²) >= 11 is 0. The quantitative estimate of drug-likeness (QED) is 0.700. The summed E-state index contributed by atoms with van der Waals surface area (Å²) in [7, 11) is 0. The Kier molecular flexibility index (Phi) is 5.27. The summed E-state index contributed by atoms with van der Waals surface area (Å²) in [6.07, 6.45) is 0.773. The minimum absolute atomic E-state index is 0.381. The third kappa shape index (κ3) is 3.71. The lowest BCUT2D eigenvalue weighted by Crippen LogP contribution is -2.37. The summed E-state index contributed by atoms with van der Waals surface area (Å²) in [6, 6.07) is 15.2. The molecule has 29 heavy (non-hydrogen) atoms. The first-order valence-electron chi connectivity index (χ1n) is 9.80. The van der Waals surface area contributed by atoms with Crippen molar-refractivity contribution in [2.45, 2.75) is 25.9 Å². The number of amides is 1. The highest BCUT2D eigenvalue weighted by atomic mass is 16.4. The van der Waals surface area contributed by atoms with Crippen molar-refractivity contribution in [3.05, 3.63) is 77.0 Å². The standard InChI is InChI=1S/C23H23N3O3/c1-2-26-13-12-19-17(14-26)20(16-10-6-7-11-18(16)24-19)22(27)25-21(23(28)29)15-8-4-3-5-9-15/h3-11,21H,2,12-14H2,1H3,(H,25,27)(H,28,29). The zero-order valence-corrected chi connectivity index (χ0v) is 16.3. The highest BCUT2D eigenvalue weighted by Crippen LogP contribution is 2.28. The second-order valence-electron chi connectivity index (χ2n) is 7.20. The molecule has 0 radical (unpaired) electrons. The molecule has 3 aromatic rings. The number of fused-ring (bicyclic) bond motifs is 2. The molecule has 0 fully saturated rings. The normalized spacial score (nSPS) is 14.9. The lowest BCUT2D eigenvalue weighted by atomic mass is 9.94. The first-order valence-corrected chi connectivity index (χ1v) is 9.80. The Morgan fingerprint density at radius 3 is 2.59 bits per heavy atom. The third-order valence-electron chi connectivity index (χ3n) is 5.46. The Balaban J connectivity index is 1.79. The number of carbonyl (C=O) groups excluding carboxylic acids is 1. The van der Waals surface area contributed by atoms with Crippen LogP contribution in [-0.2, 0) is 17.8 Å². The van der Waals surface area contributed by atoms with Crippen LogP contribution in [0.15, 0.2) is 54.6 Å². The van der Waals surface area contributed by atoms with Crippen molar-refractivity contribution in [3.63, 3.8) is 0 Å². The van der Waals surface area contributed by atoms with Crippen LogP contribution in [0.2, 0.25) is 0 Å². The highest BCUT2D eigenvalue weighted by Gasteiger charge is 2.28. The number of aromatic nitrogens is 1. The number of carboxylic acids is 1. The van der Waals surface area contributed by atoms with Crippen molar-refractivity contribution in [1.29, 1.82) is 0 Å². The van der Waals surface area contributed by atoms with Gasteiger partial charge in [-0.05, 0) is 18.2 Å². The first-order chi connectivity index (χ1) is 14.1. The van der Waals surface area contributed by atoms with Gasteiger partial charge in [0, 0.05) is 36.2 Å². The summed E-state index contributed by atoms with van der Waals surface area (Å²) in [6.45, 7) is 4.51. The van der Waals surface area contributed by atoms with Gasteiger partial charge in [-0.15, -0.1) is 0 Å². The number of carboxylic acid groups (broad SMARTS) is 1. The predicted molar refractivity (Wildman–Crippen MR) is 111 cm³/mol. The van der Waals surface area contributed by atoms with Crippen LogP contribution in [0.1, 0.15) is 40.1 Å². The maximum absolute atomic E-state index is 13.4. The number of aliphatic carboxylic acids is 1. The van der Waals surface area contributed by atoms with Gasteiger partial charge in [0.25, 0.3) is 5.91 Å². The average molecular weight is 389 g/mol. The molecule has 2 aromatic carbocycles. The SMILES string of the molecule is CCN1CCc2nc3ccccc3c(C(=O)NC(C(=O)O)c3ccccc3)c2C1. The Bertz CT molecular complexity index is 1070. The van der Waals surface area contributed by atoms with Crippen LogP contribution in [0.3, 0.4) is 0 Å². The van der Waals surface area contributed by atoms with Gasteiger partial charge in [0.2, 0.25) is 0 Å². The van der Waals surface area contributed by atoms with Crippen molar-refractivity contribution in [2.24, 2.45) is 0 Å². The van der Waals surface area contributed by atoms with Crippen molar-refractivity contribution >= 4 is 22.8 Å². The van der Waals surface area contributed by atoms with Gasteiger partial charge in [-0.2, -0.15) is 0 Å². The van der Waals surface area contributed by atoms with Gasteiger partial charge in [-0.3, -0.25) is 14.7 Å². The Hall–Kier alpha value is -3.25. The number of benzene rings is 2. The van der Waals surface area contributed by atoms with Gasteiger partial charge in [-0.1, -0.05) is 55.5 Å². The molecule has 0 saturated heterocycles. The smallest absolute Gasteiger partial charge is 0.330 e. The molecule has 0 aliphatic carbocycles. The van der Waals surface area contributed by atoms with Crippen LogP contribution in [-0.4, -0.2) is 40.0 Å². The number of rotatable bonds is 5. The molecule has 1 aliphatic heterocycles. The predicted octanol–water partition coefficient (Wildman–Crippen LogP) is 3.17. The van der Waals surface area contributed by atoms with E-state index in [4.69, 9.17) is 4.98 Å². The molecule has 1 aliphatic rings. The fourth-order valence-corrected chi connectivity index (χ4v) is 3.91. The lowest BCUT2D eigenvalue weighted by molar-refractivity contribution is -0.139. The molecule has 2 N–H and O–H groups in total. The Morgan fingerprint density at radius 2 is 1.86 bits per heavy atom. The van der Waals surface area contributed by atoms with Crippen LogP contribution in [0.4, 0.5) is 0 Å². The molecule has 6 heteroatoms. The number of para-hydroxylation sites is 1. The van der Waals surface area contributed by atoms with Gasteiger partial charge in [0.1, 0.15) is 0 Å². The number of nitrogens with zero attached hydrogens (tertiary/aromatic N) is 2. The van der Waals surface area contributed by atoms with Gasteiger partial charge in [0.05, 0.1) is 11.1 Å². The molecule has 148 valence electrons. The number of pyridine rings is 1. The third-order valence-corrected chi connectivity index (χ3v) is 5.46. The topological polar surface area (TPSA) is 82.5 Å². The Morgan fingerprint density at radius 1 is 1.14 bits per heavy atom. The van der Waals surface area contributed by atoms with E-state index in [1.165, 1.54) is 0 Å². The molecule has 0 bridgehead atoms. The number of nitrogens with one attached hydrogen (secondary N) is 1. The highest BCUT2D eigenvalue weighted by molar-refractivity contribution is 6.08. The zero-order chi connectivity index (χ0) is 20.4. The molecule has 1 amide bonds. The zero-order valence-electron chi connectivity index (χ0n) is 16.3. The molecule has 1 aromatic heterocycles. The van der Waals surface area contributed by atoms with E-state index in [2.05, 4.69) is 17.1 Å². The average Bonchev–Trinajstić information content (AvgIpc) is 2.75. The van der Waals surface area contributed by atoms with Crippen molar-refractivity contribution < 1.29 is 14.7 Å². The number of likely N-dealkylation sites (N-methyl/N-ethyl adjacent to an activating group) is 1. The summed E-state index contributed by atoms with van der Waals surface area (Å²) in [5, 5.41) is 13.2. The van der Waals surface area contributed by atoms with E-state index in [0.717, 1.165) is 41.7 Å². The minimum atomic E-state index is -1.11. The van der Waals surface area contributed by atoms with Crippen LogP contribution >= 0.6 is 0 Å². The monoisotopic (exact) mass is 389 g/mol. The van der Waals surface area contributed by atoms with Crippen LogP contribution in [0.25, 0.3) is 10.9 Å². The van der Waals surface area contributed by atoms with E-state index in [0.29, 0.717) is 17.7 Å². The summed E-state index contributed by atoms with van der Waals surface area (Å²) in [5.41, 5.74) is 3.64. The molecule has 0 spiro atoms. The Labute approximate surface area is 169 Å². The summed E-state index contributed by atoms with van der Waals surface area (Å²) in [4.78, 5) is 32.3. The van der Waals surface area contributed by atoms with Crippen molar-refractivity contribution in [2.75, 3.05) is 13.1 Å². The summed E-state index contributed by atoms with van der Waals surface area (Å²) < 4.78 is 0. The molecule has 1 atom stereocenters. The van der Waals surface area contributed by atoms with E-state index in [-0.39, 0.29) is 5.91 Å². The molecule has 6 nitrogen and oxygen atoms in total. The van der Waals surface area contributed by atoms with Gasteiger partial charge in [-0.25, -0.2) is 4.79 Å². The largest absolute Gasteiger partial charge is 0.479 e. The molecule has 0 saturated carbocycles. The molecule has 4 rings (SSSR count). The second kappa shape index (κ2) is 8.01. The van der Waals surface area contributed by atoms with E-state index in [1.807, 2.05) is 30.3 Å². The van der Waals surface area contributed by atoms with Crippen LogP contribution < -0.4 is 5.32 Å². The van der Waals surface area contributed by atoms with Crippen molar-refractivity contribution in [1.82, 2.24) is 15.2 Å². The van der Waals surface area contributed by atoms with E-state index in [9.17, 15) is 14.7 Å². The number of hydrogen-bond acceptors (Lipinski definition) is 4. The maximum Gasteiger partial charge on any atom is 0.330 e. The van der Waals surface area contributed by atoms with E-state index < -0.39 is 12.0 Å². The molecule has 2 heterocycles. The maximum atomic E-state index is 13.4. The van der Waals surface area contributed by atoms with Crippen LogP contribution in [0.5, 0.6) is 0 Å². The van der Waals surface area contributed by atoms with Gasteiger partial charge >= 0.3 is 5.97 Å². The molecular weight excluding hydrogens is 366 g/mol. The molecular formula is C23H23N3O3. The van der Waals surface area contributed by atoms with Gasteiger partial charge in [0.15, 0.2) is 6.04 Å². The first kappa shape index (κ1) is 19.1. The fourth-order valence-electron chi connectivity index (χ4n) is 3.91. The minimum Gasteiger partial charge on any atom is -0.479 e. The fraction of sp³-hybridized carbons (Fsp3) is 0.261. The lowest BCUT2D eigenvalue weighted by Gasteiger charge is -2.29.